The molecule has 0 radical (unpaired) electrons. The van der Waals surface area contributed by atoms with Crippen molar-refractivity contribution in [1.29, 1.82) is 0 Å². The third-order valence-corrected chi connectivity index (χ3v) is 5.23. The van der Waals surface area contributed by atoms with Crippen molar-refractivity contribution < 1.29 is 9.59 Å². The third kappa shape index (κ3) is 4.04. The minimum Gasteiger partial charge on any atom is -0.351 e. The van der Waals surface area contributed by atoms with Crippen molar-refractivity contribution in [2.75, 3.05) is 6.54 Å². The van der Waals surface area contributed by atoms with Crippen molar-refractivity contribution in [3.05, 3.63) is 45.2 Å². The van der Waals surface area contributed by atoms with E-state index in [9.17, 15) is 9.59 Å². The molecule has 2 aromatic rings. The van der Waals surface area contributed by atoms with E-state index in [1.807, 2.05) is 23.2 Å². The normalized spacial score (nSPS) is 13.7. The van der Waals surface area contributed by atoms with Gasteiger partial charge in [-0.15, -0.1) is 11.3 Å². The molecule has 0 unspecified atom stereocenters. The lowest BCUT2D eigenvalue weighted by atomic mass is 10.1. The Labute approximate surface area is 151 Å². The van der Waals surface area contributed by atoms with Crippen LogP contribution in [0.1, 0.15) is 58.3 Å². The van der Waals surface area contributed by atoms with Crippen molar-refractivity contribution in [2.45, 2.75) is 46.2 Å². The van der Waals surface area contributed by atoms with Gasteiger partial charge in [0.1, 0.15) is 5.82 Å². The number of carbonyl (C=O) groups excluding carboxylic acids is 2. The topological polar surface area (TPSA) is 75.2 Å². The van der Waals surface area contributed by atoms with Crippen molar-refractivity contribution in [2.24, 2.45) is 0 Å². The van der Waals surface area contributed by atoms with E-state index in [0.717, 1.165) is 28.4 Å². The molecule has 0 saturated heterocycles. The Morgan fingerprint density at radius 2 is 2.16 bits per heavy atom. The maximum atomic E-state index is 12.8. The predicted octanol–water partition coefficient (Wildman–Crippen LogP) is 2.50. The Hall–Kier alpha value is -2.28. The van der Waals surface area contributed by atoms with Gasteiger partial charge in [-0.05, 0) is 24.1 Å². The second-order valence-corrected chi connectivity index (χ2v) is 7.68. The molecule has 3 rings (SSSR count). The minimum atomic E-state index is -0.0745. The number of hydrogen-bond donors (Lipinski definition) is 1. The smallest absolute Gasteiger partial charge is 0.264 e. The molecule has 0 atom stereocenters. The summed E-state index contributed by atoms with van der Waals surface area (Å²) >= 11 is 1.43. The number of rotatable bonds is 4. The SMILES string of the molecule is CC(=O)NCc1ccc(C(=O)N2CCc3cnc(C(C)C)nc3C2)s1. The highest BCUT2D eigenvalue weighted by molar-refractivity contribution is 7.14. The van der Waals surface area contributed by atoms with Gasteiger partial charge in [0.2, 0.25) is 5.91 Å². The van der Waals surface area contributed by atoms with E-state index >= 15 is 0 Å². The number of hydrogen-bond acceptors (Lipinski definition) is 5. The molecular weight excluding hydrogens is 336 g/mol. The molecule has 0 aromatic carbocycles. The molecule has 2 amide bonds. The van der Waals surface area contributed by atoms with Gasteiger partial charge in [-0.25, -0.2) is 9.97 Å². The summed E-state index contributed by atoms with van der Waals surface area (Å²) in [4.78, 5) is 36.4. The van der Waals surface area contributed by atoms with Crippen molar-refractivity contribution in [1.82, 2.24) is 20.2 Å². The van der Waals surface area contributed by atoms with Crippen LogP contribution in [0.25, 0.3) is 0 Å². The Bertz CT molecular complexity index is 800. The molecule has 0 spiro atoms. The molecule has 0 aliphatic carbocycles. The maximum absolute atomic E-state index is 12.8. The molecule has 25 heavy (non-hydrogen) atoms. The van der Waals surface area contributed by atoms with E-state index in [0.29, 0.717) is 24.5 Å². The van der Waals surface area contributed by atoms with Crippen LogP contribution in [0.4, 0.5) is 0 Å². The number of amides is 2. The highest BCUT2D eigenvalue weighted by Crippen LogP contribution is 2.23. The van der Waals surface area contributed by atoms with Gasteiger partial charge in [0.25, 0.3) is 5.91 Å². The number of aromatic nitrogens is 2. The van der Waals surface area contributed by atoms with Gasteiger partial charge in [0, 0.05) is 30.5 Å². The Kier molecular flexibility index (Phi) is 5.13. The second kappa shape index (κ2) is 7.31. The van der Waals surface area contributed by atoms with Crippen LogP contribution in [0.2, 0.25) is 0 Å². The van der Waals surface area contributed by atoms with Gasteiger partial charge in [0.15, 0.2) is 0 Å². The van der Waals surface area contributed by atoms with Gasteiger partial charge < -0.3 is 10.2 Å². The first-order valence-corrected chi connectivity index (χ1v) is 9.23. The summed E-state index contributed by atoms with van der Waals surface area (Å²) in [6.45, 7) is 7.27. The largest absolute Gasteiger partial charge is 0.351 e. The van der Waals surface area contributed by atoms with Gasteiger partial charge in [0.05, 0.1) is 23.7 Å². The summed E-state index contributed by atoms with van der Waals surface area (Å²) in [7, 11) is 0. The van der Waals surface area contributed by atoms with Crippen molar-refractivity contribution in [3.63, 3.8) is 0 Å². The van der Waals surface area contributed by atoms with E-state index in [4.69, 9.17) is 0 Å². The average Bonchev–Trinajstić information content (AvgIpc) is 3.07. The van der Waals surface area contributed by atoms with E-state index < -0.39 is 0 Å². The lowest BCUT2D eigenvalue weighted by Gasteiger charge is -2.28. The fourth-order valence-corrected chi connectivity index (χ4v) is 3.64. The highest BCUT2D eigenvalue weighted by Gasteiger charge is 2.24. The molecule has 3 heterocycles. The lowest BCUT2D eigenvalue weighted by molar-refractivity contribution is -0.119. The highest BCUT2D eigenvalue weighted by atomic mass is 32.1. The molecular formula is C18H22N4O2S. The Morgan fingerprint density at radius 1 is 1.36 bits per heavy atom. The van der Waals surface area contributed by atoms with Crippen LogP contribution in [0.5, 0.6) is 0 Å². The molecule has 0 fully saturated rings. The second-order valence-electron chi connectivity index (χ2n) is 6.51. The van der Waals surface area contributed by atoms with E-state index in [-0.39, 0.29) is 17.7 Å². The lowest BCUT2D eigenvalue weighted by Crippen LogP contribution is -2.36. The predicted molar refractivity (Wildman–Crippen MR) is 96.4 cm³/mol. The zero-order chi connectivity index (χ0) is 18.0. The van der Waals surface area contributed by atoms with Gasteiger partial charge >= 0.3 is 0 Å². The molecule has 6 nitrogen and oxygen atoms in total. The molecule has 0 saturated carbocycles. The van der Waals surface area contributed by atoms with Gasteiger partial charge in [-0.1, -0.05) is 13.8 Å². The summed E-state index contributed by atoms with van der Waals surface area (Å²) in [5.74, 6) is 1.04. The summed E-state index contributed by atoms with van der Waals surface area (Å²) in [5.41, 5.74) is 2.08. The monoisotopic (exact) mass is 358 g/mol. The summed E-state index contributed by atoms with van der Waals surface area (Å²) in [6.07, 6.45) is 2.68. The molecule has 1 aliphatic heterocycles. The number of nitrogens with one attached hydrogen (secondary N) is 1. The number of carbonyl (C=O) groups is 2. The van der Waals surface area contributed by atoms with Crippen LogP contribution in [0, 0.1) is 0 Å². The Balaban J connectivity index is 1.71. The zero-order valence-electron chi connectivity index (χ0n) is 14.7. The first-order chi connectivity index (χ1) is 11.9. The van der Waals surface area contributed by atoms with Crippen LogP contribution in [0.3, 0.4) is 0 Å². The quantitative estimate of drug-likeness (QED) is 0.911. The van der Waals surface area contributed by atoms with E-state index in [1.165, 1.54) is 18.3 Å². The molecule has 0 bridgehead atoms. The van der Waals surface area contributed by atoms with Crippen LogP contribution in [-0.4, -0.2) is 33.2 Å². The number of thiophene rings is 1. The zero-order valence-corrected chi connectivity index (χ0v) is 15.5. The van der Waals surface area contributed by atoms with Crippen LogP contribution >= 0.6 is 11.3 Å². The number of fused-ring (bicyclic) bond motifs is 1. The maximum Gasteiger partial charge on any atom is 0.264 e. The van der Waals surface area contributed by atoms with Gasteiger partial charge in [-0.2, -0.15) is 0 Å². The Morgan fingerprint density at radius 3 is 2.88 bits per heavy atom. The number of nitrogens with zero attached hydrogens (tertiary/aromatic N) is 3. The first kappa shape index (κ1) is 17.5. The van der Waals surface area contributed by atoms with E-state index in [1.54, 1.807) is 0 Å². The van der Waals surface area contributed by atoms with Crippen molar-refractivity contribution >= 4 is 23.2 Å². The third-order valence-electron chi connectivity index (χ3n) is 4.15. The minimum absolute atomic E-state index is 0.0226. The fourth-order valence-electron chi connectivity index (χ4n) is 2.73. The standard InChI is InChI=1S/C18H22N4O2S/c1-11(2)17-20-8-13-6-7-22(10-15(13)21-17)18(24)16-5-4-14(25-16)9-19-12(3)23/h4-5,8,11H,6-7,9-10H2,1-3H3,(H,19,23). The molecule has 1 N–H and O–H groups in total. The van der Waals surface area contributed by atoms with Crippen LogP contribution in [0.15, 0.2) is 18.3 Å². The molecule has 2 aromatic heterocycles. The summed E-state index contributed by atoms with van der Waals surface area (Å²) < 4.78 is 0. The molecule has 132 valence electrons. The van der Waals surface area contributed by atoms with E-state index in [2.05, 4.69) is 29.1 Å². The summed E-state index contributed by atoms with van der Waals surface area (Å²) in [6, 6.07) is 3.73. The average molecular weight is 358 g/mol. The molecule has 1 aliphatic rings. The summed E-state index contributed by atoms with van der Waals surface area (Å²) in [5, 5.41) is 2.75. The first-order valence-electron chi connectivity index (χ1n) is 8.41. The van der Waals surface area contributed by atoms with Crippen LogP contribution in [-0.2, 0) is 24.3 Å². The molecule has 7 heteroatoms. The fraction of sp³-hybridized carbons (Fsp3) is 0.444. The van der Waals surface area contributed by atoms with Crippen molar-refractivity contribution in [3.8, 4) is 0 Å². The van der Waals surface area contributed by atoms with Crippen LogP contribution < -0.4 is 5.32 Å². The van der Waals surface area contributed by atoms with Gasteiger partial charge in [-0.3, -0.25) is 9.59 Å².